The highest BCUT2D eigenvalue weighted by molar-refractivity contribution is 6.12. The van der Waals surface area contributed by atoms with E-state index < -0.39 is 23.5 Å². The Labute approximate surface area is 135 Å². The van der Waals surface area contributed by atoms with Crippen molar-refractivity contribution in [1.82, 2.24) is 10.2 Å². The summed E-state index contributed by atoms with van der Waals surface area (Å²) < 4.78 is 5.28. The smallest absolute Gasteiger partial charge is 0.323 e. The van der Waals surface area contributed by atoms with Gasteiger partial charge in [0, 0.05) is 31.7 Å². The Morgan fingerprint density at radius 3 is 2.30 bits per heavy atom. The molecule has 0 unspecified atom stereocenters. The zero-order chi connectivity index (χ0) is 17.6. The van der Waals surface area contributed by atoms with Crippen LogP contribution in [-0.2, 0) is 23.9 Å². The summed E-state index contributed by atoms with van der Waals surface area (Å²) in [5.74, 6) is -1.80. The third kappa shape index (κ3) is 6.60. The summed E-state index contributed by atoms with van der Waals surface area (Å²) in [4.78, 5) is 47.0. The molecule has 0 spiro atoms. The molecule has 0 radical (unpaired) electrons. The minimum atomic E-state index is -0.734. The standard InChI is InChI=1S/C15H23N3O5/c1-15(2,3)23-14(22)10(4-5-11(16)19)17-8-9-18-12(20)6-7-13(18)21/h6-7,10,17H,4-5,8-9H2,1-3H3,(H2,16,19)/t10-/m0/s1. The molecule has 8 nitrogen and oxygen atoms in total. The Balaban J connectivity index is 2.55. The van der Waals surface area contributed by atoms with Gasteiger partial charge in [0.05, 0.1) is 0 Å². The molecule has 3 N–H and O–H groups in total. The summed E-state index contributed by atoms with van der Waals surface area (Å²) in [5, 5.41) is 2.91. The van der Waals surface area contributed by atoms with Gasteiger partial charge in [-0.1, -0.05) is 0 Å². The molecule has 1 atom stereocenters. The van der Waals surface area contributed by atoms with Gasteiger partial charge in [-0.3, -0.25) is 24.1 Å². The molecule has 0 aliphatic carbocycles. The lowest BCUT2D eigenvalue weighted by atomic mass is 10.1. The highest BCUT2D eigenvalue weighted by Crippen LogP contribution is 2.11. The number of imide groups is 1. The highest BCUT2D eigenvalue weighted by Gasteiger charge is 2.27. The minimum Gasteiger partial charge on any atom is -0.459 e. The van der Waals surface area contributed by atoms with Crippen molar-refractivity contribution in [3.8, 4) is 0 Å². The molecule has 23 heavy (non-hydrogen) atoms. The lowest BCUT2D eigenvalue weighted by molar-refractivity contribution is -0.157. The topological polar surface area (TPSA) is 119 Å². The number of primary amides is 1. The van der Waals surface area contributed by atoms with Gasteiger partial charge in [0.25, 0.3) is 11.8 Å². The van der Waals surface area contributed by atoms with Crippen molar-refractivity contribution in [3.05, 3.63) is 12.2 Å². The molecule has 0 bridgehead atoms. The number of ether oxygens (including phenoxy) is 1. The summed E-state index contributed by atoms with van der Waals surface area (Å²) in [6.07, 6.45) is 2.60. The van der Waals surface area contributed by atoms with Gasteiger partial charge >= 0.3 is 5.97 Å². The number of nitrogens with one attached hydrogen (secondary N) is 1. The van der Waals surface area contributed by atoms with Crippen molar-refractivity contribution >= 4 is 23.7 Å². The van der Waals surface area contributed by atoms with Gasteiger partial charge in [0.1, 0.15) is 11.6 Å². The summed E-state index contributed by atoms with van der Waals surface area (Å²) in [7, 11) is 0. The van der Waals surface area contributed by atoms with E-state index in [0.717, 1.165) is 4.90 Å². The van der Waals surface area contributed by atoms with Gasteiger partial charge in [0.2, 0.25) is 5.91 Å². The maximum absolute atomic E-state index is 12.1. The molecule has 0 fully saturated rings. The molecule has 8 heteroatoms. The molecular formula is C15H23N3O5. The van der Waals surface area contributed by atoms with Crippen LogP contribution >= 0.6 is 0 Å². The van der Waals surface area contributed by atoms with Crippen LogP contribution in [0.5, 0.6) is 0 Å². The normalized spacial score (nSPS) is 15.9. The van der Waals surface area contributed by atoms with Crippen molar-refractivity contribution in [2.24, 2.45) is 5.73 Å². The van der Waals surface area contributed by atoms with Crippen molar-refractivity contribution in [3.63, 3.8) is 0 Å². The molecule has 3 amide bonds. The Kier molecular flexibility index (Phi) is 6.44. The minimum absolute atomic E-state index is 0.0278. The van der Waals surface area contributed by atoms with Crippen LogP contribution in [0, 0.1) is 0 Å². The number of hydrogen-bond donors (Lipinski definition) is 2. The maximum atomic E-state index is 12.1. The molecule has 1 aliphatic rings. The Morgan fingerprint density at radius 2 is 1.83 bits per heavy atom. The third-order valence-electron chi connectivity index (χ3n) is 3.00. The number of hydrogen-bond acceptors (Lipinski definition) is 6. The van der Waals surface area contributed by atoms with Gasteiger partial charge in [-0.15, -0.1) is 0 Å². The van der Waals surface area contributed by atoms with Crippen LogP contribution in [0.2, 0.25) is 0 Å². The van der Waals surface area contributed by atoms with Crippen LogP contribution in [0.1, 0.15) is 33.6 Å². The molecule has 0 saturated carbocycles. The van der Waals surface area contributed by atoms with Gasteiger partial charge in [-0.25, -0.2) is 0 Å². The maximum Gasteiger partial charge on any atom is 0.323 e. The number of rotatable bonds is 8. The fourth-order valence-corrected chi connectivity index (χ4v) is 1.96. The fraction of sp³-hybridized carbons (Fsp3) is 0.600. The monoisotopic (exact) mass is 325 g/mol. The summed E-state index contributed by atoms with van der Waals surface area (Å²) >= 11 is 0. The largest absolute Gasteiger partial charge is 0.459 e. The first-order chi connectivity index (χ1) is 10.6. The number of carbonyl (C=O) groups is 4. The van der Waals surface area contributed by atoms with Crippen molar-refractivity contribution in [2.45, 2.75) is 45.3 Å². The SMILES string of the molecule is CC(C)(C)OC(=O)[C@H](CCC(N)=O)NCCN1C(=O)C=CC1=O. The zero-order valence-corrected chi connectivity index (χ0v) is 13.6. The Morgan fingerprint density at radius 1 is 1.26 bits per heavy atom. The number of esters is 1. The van der Waals surface area contributed by atoms with E-state index in [-0.39, 0.29) is 37.7 Å². The van der Waals surface area contributed by atoms with Crippen LogP contribution in [-0.4, -0.2) is 53.3 Å². The number of amides is 3. The van der Waals surface area contributed by atoms with Gasteiger partial charge in [-0.05, 0) is 27.2 Å². The average molecular weight is 325 g/mol. The van der Waals surface area contributed by atoms with Crippen LogP contribution in [0.15, 0.2) is 12.2 Å². The van der Waals surface area contributed by atoms with Gasteiger partial charge < -0.3 is 15.8 Å². The lowest BCUT2D eigenvalue weighted by Gasteiger charge is -2.25. The summed E-state index contributed by atoms with van der Waals surface area (Å²) in [5.41, 5.74) is 4.45. The molecule has 0 aromatic rings. The molecule has 1 rings (SSSR count). The number of nitrogens with two attached hydrogens (primary N) is 1. The third-order valence-corrected chi connectivity index (χ3v) is 3.00. The second kappa shape index (κ2) is 7.87. The molecule has 0 aromatic carbocycles. The number of carbonyl (C=O) groups excluding carboxylic acids is 4. The Hall–Kier alpha value is -2.22. The van der Waals surface area contributed by atoms with E-state index >= 15 is 0 Å². The molecule has 1 aliphatic heterocycles. The van der Waals surface area contributed by atoms with E-state index in [4.69, 9.17) is 10.5 Å². The zero-order valence-electron chi connectivity index (χ0n) is 13.6. The van der Waals surface area contributed by atoms with Crippen molar-refractivity contribution in [2.75, 3.05) is 13.1 Å². The second-order valence-electron chi connectivity index (χ2n) is 6.21. The van der Waals surface area contributed by atoms with E-state index in [0.29, 0.717) is 0 Å². The fourth-order valence-electron chi connectivity index (χ4n) is 1.96. The molecule has 0 aromatic heterocycles. The van der Waals surface area contributed by atoms with Gasteiger partial charge in [-0.2, -0.15) is 0 Å². The molecule has 128 valence electrons. The number of nitrogens with zero attached hydrogens (tertiary/aromatic N) is 1. The van der Waals surface area contributed by atoms with Crippen LogP contribution in [0.25, 0.3) is 0 Å². The Bertz CT molecular complexity index is 504. The first-order valence-electron chi connectivity index (χ1n) is 7.38. The predicted molar refractivity (Wildman–Crippen MR) is 81.9 cm³/mol. The first-order valence-corrected chi connectivity index (χ1v) is 7.38. The van der Waals surface area contributed by atoms with E-state index in [1.54, 1.807) is 20.8 Å². The van der Waals surface area contributed by atoms with E-state index in [1.807, 2.05) is 0 Å². The quantitative estimate of drug-likeness (QED) is 0.458. The highest BCUT2D eigenvalue weighted by atomic mass is 16.6. The van der Waals surface area contributed by atoms with Crippen LogP contribution in [0.3, 0.4) is 0 Å². The van der Waals surface area contributed by atoms with Crippen molar-refractivity contribution < 1.29 is 23.9 Å². The van der Waals surface area contributed by atoms with E-state index in [9.17, 15) is 19.2 Å². The summed E-state index contributed by atoms with van der Waals surface area (Å²) in [6, 6.07) is -0.734. The van der Waals surface area contributed by atoms with E-state index in [2.05, 4.69) is 5.32 Å². The van der Waals surface area contributed by atoms with Crippen LogP contribution in [0.4, 0.5) is 0 Å². The molecule has 0 saturated heterocycles. The molecule has 1 heterocycles. The van der Waals surface area contributed by atoms with Gasteiger partial charge in [0.15, 0.2) is 0 Å². The second-order valence-corrected chi connectivity index (χ2v) is 6.21. The van der Waals surface area contributed by atoms with E-state index in [1.165, 1.54) is 12.2 Å². The molecular weight excluding hydrogens is 302 g/mol. The predicted octanol–water partition coefficient (Wildman–Crippen LogP) is -0.523. The average Bonchev–Trinajstić information content (AvgIpc) is 2.71. The lowest BCUT2D eigenvalue weighted by Crippen LogP contribution is -2.45. The summed E-state index contributed by atoms with van der Waals surface area (Å²) in [6.45, 7) is 5.55. The van der Waals surface area contributed by atoms with Crippen molar-refractivity contribution in [1.29, 1.82) is 0 Å². The van der Waals surface area contributed by atoms with Crippen LogP contribution < -0.4 is 11.1 Å². The first kappa shape index (κ1) is 18.8.